The van der Waals surface area contributed by atoms with Gasteiger partial charge in [-0.25, -0.2) is 0 Å². The second kappa shape index (κ2) is 11.0. The largest absolute Gasteiger partial charge is 0.493 e. The van der Waals surface area contributed by atoms with E-state index in [0.29, 0.717) is 6.61 Å². The maximum atomic E-state index is 10.2. The van der Waals surface area contributed by atoms with Gasteiger partial charge in [-0.05, 0) is 65.6 Å². The molecule has 3 heteroatoms. The smallest absolute Gasteiger partial charge is 0.119 e. The van der Waals surface area contributed by atoms with Crippen LogP contribution in [-0.2, 0) is 0 Å². The Morgan fingerprint density at radius 1 is 0.618 bits per heavy atom. The van der Waals surface area contributed by atoms with Crippen LogP contribution in [0.5, 0.6) is 5.75 Å². The summed E-state index contributed by atoms with van der Waals surface area (Å²) in [6, 6.07) is 37.6. The van der Waals surface area contributed by atoms with Crippen molar-refractivity contribution < 1.29 is 9.84 Å². The summed E-state index contributed by atoms with van der Waals surface area (Å²) in [5, 5.41) is 10.2. The number of aliphatic hydroxyl groups excluding tert-OH is 1. The highest BCUT2D eigenvalue weighted by molar-refractivity contribution is 5.78. The highest BCUT2D eigenvalue weighted by Crippen LogP contribution is 2.35. The van der Waals surface area contributed by atoms with E-state index in [1.54, 1.807) is 0 Å². The Morgan fingerprint density at radius 2 is 1.06 bits per heavy atom. The number of para-hydroxylation sites is 2. The lowest BCUT2D eigenvalue weighted by molar-refractivity contribution is 0.0483. The van der Waals surface area contributed by atoms with Gasteiger partial charge in [0.15, 0.2) is 0 Å². The number of hydrogen-bond acceptors (Lipinski definition) is 3. The lowest BCUT2D eigenvalue weighted by Gasteiger charge is -2.25. The van der Waals surface area contributed by atoms with Crippen LogP contribution in [0.25, 0.3) is 11.1 Å². The molecule has 0 saturated carbocycles. The molecule has 1 N–H and O–H groups in total. The van der Waals surface area contributed by atoms with Crippen LogP contribution >= 0.6 is 0 Å². The molecular weight excluding hydrogens is 418 g/mol. The third kappa shape index (κ3) is 5.67. The van der Waals surface area contributed by atoms with E-state index < -0.39 is 0 Å². The van der Waals surface area contributed by atoms with Crippen LogP contribution in [0.2, 0.25) is 0 Å². The van der Waals surface area contributed by atoms with Crippen LogP contribution in [0.3, 0.4) is 0 Å². The van der Waals surface area contributed by atoms with Gasteiger partial charge in [0.05, 0.1) is 12.7 Å². The number of aliphatic hydroxyl groups is 1. The molecule has 0 aliphatic rings. The summed E-state index contributed by atoms with van der Waals surface area (Å²) in [5.74, 6) is 1.13. The van der Waals surface area contributed by atoms with E-state index in [1.807, 2.05) is 45.0 Å². The van der Waals surface area contributed by atoms with Crippen LogP contribution in [0, 0.1) is 11.8 Å². The molecule has 2 atom stereocenters. The van der Waals surface area contributed by atoms with Gasteiger partial charge in [0.1, 0.15) is 5.75 Å². The van der Waals surface area contributed by atoms with E-state index in [1.165, 1.54) is 0 Å². The highest BCUT2D eigenvalue weighted by Gasteiger charge is 2.18. The Balaban J connectivity index is 1.49. The number of anilines is 3. The lowest BCUT2D eigenvalue weighted by Crippen LogP contribution is -2.28. The van der Waals surface area contributed by atoms with E-state index in [-0.39, 0.29) is 17.9 Å². The quantitative estimate of drug-likeness (QED) is 0.281. The zero-order valence-electron chi connectivity index (χ0n) is 20.1. The van der Waals surface area contributed by atoms with Gasteiger partial charge in [0, 0.05) is 23.0 Å². The van der Waals surface area contributed by atoms with Crippen molar-refractivity contribution in [1.29, 1.82) is 0 Å². The molecule has 174 valence electrons. The van der Waals surface area contributed by atoms with Gasteiger partial charge in [-0.1, -0.05) is 81.4 Å². The number of hydrogen-bond donors (Lipinski definition) is 1. The molecule has 0 spiro atoms. The summed E-state index contributed by atoms with van der Waals surface area (Å²) < 4.78 is 5.91. The van der Waals surface area contributed by atoms with Gasteiger partial charge in [-0.15, -0.1) is 0 Å². The molecule has 0 saturated heterocycles. The van der Waals surface area contributed by atoms with Crippen molar-refractivity contribution in [1.82, 2.24) is 0 Å². The molecule has 2 unspecified atom stereocenters. The van der Waals surface area contributed by atoms with Gasteiger partial charge in [-0.3, -0.25) is 0 Å². The molecule has 0 heterocycles. The van der Waals surface area contributed by atoms with E-state index in [4.69, 9.17) is 4.74 Å². The van der Waals surface area contributed by atoms with Crippen LogP contribution in [-0.4, -0.2) is 17.8 Å². The van der Waals surface area contributed by atoms with Gasteiger partial charge >= 0.3 is 0 Å². The van der Waals surface area contributed by atoms with Crippen molar-refractivity contribution in [3.63, 3.8) is 0 Å². The molecule has 0 radical (unpaired) electrons. The molecule has 0 aliphatic carbocycles. The monoisotopic (exact) mass is 451 g/mol. The second-order valence-corrected chi connectivity index (χ2v) is 9.10. The van der Waals surface area contributed by atoms with Gasteiger partial charge in [0.25, 0.3) is 0 Å². The summed E-state index contributed by atoms with van der Waals surface area (Å²) in [4.78, 5) is 2.26. The summed E-state index contributed by atoms with van der Waals surface area (Å²) in [5.41, 5.74) is 5.65. The Morgan fingerprint density at radius 3 is 1.53 bits per heavy atom. The topological polar surface area (TPSA) is 32.7 Å². The average molecular weight is 452 g/mol. The molecule has 4 rings (SSSR count). The molecule has 0 aromatic heterocycles. The van der Waals surface area contributed by atoms with Crippen molar-refractivity contribution in [2.24, 2.45) is 11.8 Å². The molecule has 34 heavy (non-hydrogen) atoms. The van der Waals surface area contributed by atoms with Crippen LogP contribution < -0.4 is 9.64 Å². The molecular formula is C31H33NO2. The first-order chi connectivity index (χ1) is 16.5. The van der Waals surface area contributed by atoms with Crippen molar-refractivity contribution in [3.05, 3.63) is 109 Å². The fourth-order valence-corrected chi connectivity index (χ4v) is 4.13. The number of nitrogens with zero attached hydrogens (tertiary/aromatic N) is 1. The fraction of sp³-hybridized carbons (Fsp3) is 0.226. The SMILES string of the molecule is CC(C)C(O)C(C)COc1ccc(-c2ccc(N(c3ccccc3)c3ccccc3)cc2)cc1. The number of ether oxygens (including phenoxy) is 1. The van der Waals surface area contributed by atoms with E-state index in [0.717, 1.165) is 33.9 Å². The Labute approximate surface area is 203 Å². The zero-order valence-corrected chi connectivity index (χ0v) is 20.1. The summed E-state index contributed by atoms with van der Waals surface area (Å²) in [6.07, 6.45) is -0.357. The molecule has 4 aromatic carbocycles. The first kappa shape index (κ1) is 23.6. The van der Waals surface area contributed by atoms with Crippen molar-refractivity contribution in [2.75, 3.05) is 11.5 Å². The predicted octanol–water partition coefficient (Wildman–Crippen LogP) is 7.86. The standard InChI is InChI=1S/C31H33NO2/c1-23(2)31(33)24(3)22-34-30-20-16-26(17-21-30)25-14-18-29(19-15-25)32(27-10-6-4-7-11-27)28-12-8-5-9-13-28/h4-21,23-24,31,33H,22H2,1-3H3. The van der Waals surface area contributed by atoms with Gasteiger partial charge in [0.2, 0.25) is 0 Å². The summed E-state index contributed by atoms with van der Waals surface area (Å²) in [6.45, 7) is 6.58. The minimum absolute atomic E-state index is 0.0874. The molecule has 0 amide bonds. The van der Waals surface area contributed by atoms with Crippen LogP contribution in [0.4, 0.5) is 17.1 Å². The average Bonchev–Trinajstić information content (AvgIpc) is 2.89. The van der Waals surface area contributed by atoms with Crippen LogP contribution in [0.1, 0.15) is 20.8 Å². The highest BCUT2D eigenvalue weighted by atomic mass is 16.5. The second-order valence-electron chi connectivity index (χ2n) is 9.10. The minimum Gasteiger partial charge on any atom is -0.493 e. The number of benzene rings is 4. The molecule has 0 aliphatic heterocycles. The Bertz CT molecular complexity index is 1100. The van der Waals surface area contributed by atoms with Crippen molar-refractivity contribution in [2.45, 2.75) is 26.9 Å². The predicted molar refractivity (Wildman–Crippen MR) is 142 cm³/mol. The number of rotatable bonds is 9. The zero-order chi connectivity index (χ0) is 23.9. The van der Waals surface area contributed by atoms with E-state index in [9.17, 15) is 5.11 Å². The molecule has 0 bridgehead atoms. The van der Waals surface area contributed by atoms with Gasteiger partial charge < -0.3 is 14.7 Å². The maximum absolute atomic E-state index is 10.2. The van der Waals surface area contributed by atoms with Crippen molar-refractivity contribution >= 4 is 17.1 Å². The third-order valence-electron chi connectivity index (χ3n) is 6.12. The minimum atomic E-state index is -0.357. The molecule has 0 fully saturated rings. The molecule has 3 nitrogen and oxygen atoms in total. The van der Waals surface area contributed by atoms with Crippen molar-refractivity contribution in [3.8, 4) is 16.9 Å². The molecule has 4 aromatic rings. The van der Waals surface area contributed by atoms with Crippen LogP contribution in [0.15, 0.2) is 109 Å². The summed E-state index contributed by atoms with van der Waals surface area (Å²) >= 11 is 0. The fourth-order valence-electron chi connectivity index (χ4n) is 4.13. The Kier molecular flexibility index (Phi) is 7.66. The summed E-state index contributed by atoms with van der Waals surface area (Å²) in [7, 11) is 0. The van der Waals surface area contributed by atoms with Gasteiger partial charge in [-0.2, -0.15) is 0 Å². The first-order valence-electron chi connectivity index (χ1n) is 11.9. The Hall–Kier alpha value is -3.56. The first-order valence-corrected chi connectivity index (χ1v) is 11.9. The lowest BCUT2D eigenvalue weighted by atomic mass is 9.96. The van der Waals surface area contributed by atoms with E-state index in [2.05, 4.69) is 89.8 Å². The normalized spacial score (nSPS) is 12.9. The third-order valence-corrected chi connectivity index (χ3v) is 6.12. The maximum Gasteiger partial charge on any atom is 0.119 e. The van der Waals surface area contributed by atoms with E-state index >= 15 is 0 Å².